The SMILES string of the molecule is CSc1ccc(-c2cc(C(CC3CC3)C(=O)O)cc(Cl)c2OCC(F)(F)F)cc1. The molecule has 156 valence electrons. The molecule has 0 spiro atoms. The van der Waals surface area contributed by atoms with Crippen molar-refractivity contribution >= 4 is 29.3 Å². The molecule has 2 aromatic rings. The molecule has 0 heterocycles. The Morgan fingerprint density at radius 3 is 2.45 bits per heavy atom. The molecule has 0 amide bonds. The van der Waals surface area contributed by atoms with Crippen molar-refractivity contribution in [1.82, 2.24) is 0 Å². The Morgan fingerprint density at radius 1 is 1.28 bits per heavy atom. The summed E-state index contributed by atoms with van der Waals surface area (Å²) in [7, 11) is 0. The summed E-state index contributed by atoms with van der Waals surface area (Å²) in [4.78, 5) is 12.8. The minimum absolute atomic E-state index is 0.0299. The highest BCUT2D eigenvalue weighted by atomic mass is 35.5. The first kappa shape index (κ1) is 21.8. The summed E-state index contributed by atoms with van der Waals surface area (Å²) >= 11 is 7.82. The van der Waals surface area contributed by atoms with Crippen molar-refractivity contribution in [3.63, 3.8) is 0 Å². The van der Waals surface area contributed by atoms with Gasteiger partial charge < -0.3 is 9.84 Å². The molecular weight excluding hydrogens is 425 g/mol. The number of hydrogen-bond acceptors (Lipinski definition) is 3. The molecule has 0 aliphatic heterocycles. The van der Waals surface area contributed by atoms with Crippen molar-refractivity contribution in [2.75, 3.05) is 12.9 Å². The smallest absolute Gasteiger partial charge is 0.422 e. The number of hydrogen-bond donors (Lipinski definition) is 1. The molecule has 0 radical (unpaired) electrons. The van der Waals surface area contributed by atoms with E-state index in [1.54, 1.807) is 18.2 Å². The van der Waals surface area contributed by atoms with E-state index in [0.717, 1.165) is 17.7 Å². The molecule has 0 bridgehead atoms. The van der Waals surface area contributed by atoms with Crippen LogP contribution in [0, 0.1) is 5.92 Å². The summed E-state index contributed by atoms with van der Waals surface area (Å²) in [6.07, 6.45) is -0.128. The lowest BCUT2D eigenvalue weighted by atomic mass is 9.90. The number of thioether (sulfide) groups is 1. The summed E-state index contributed by atoms with van der Waals surface area (Å²) in [5, 5.41) is 9.65. The van der Waals surface area contributed by atoms with Gasteiger partial charge in [-0.2, -0.15) is 13.2 Å². The van der Waals surface area contributed by atoms with Crippen LogP contribution in [0.2, 0.25) is 5.02 Å². The standard InChI is InChI=1S/C21H20ClF3O3S/c1-29-15-6-4-13(5-7-15)16-9-14(17(20(26)27)8-12-2-3-12)10-18(22)19(16)28-11-21(23,24)25/h4-7,9-10,12,17H,2-3,8,11H2,1H3,(H,26,27). The fourth-order valence-electron chi connectivity index (χ4n) is 3.17. The zero-order chi connectivity index (χ0) is 21.2. The third-order valence-corrected chi connectivity index (χ3v) is 5.84. The minimum atomic E-state index is -4.52. The van der Waals surface area contributed by atoms with Crippen LogP contribution in [0.25, 0.3) is 11.1 Å². The first-order valence-corrected chi connectivity index (χ1v) is 10.7. The molecule has 2 aromatic carbocycles. The van der Waals surface area contributed by atoms with Gasteiger partial charge in [0.15, 0.2) is 6.61 Å². The van der Waals surface area contributed by atoms with Crippen LogP contribution in [0.1, 0.15) is 30.7 Å². The van der Waals surface area contributed by atoms with Gasteiger partial charge in [0, 0.05) is 10.5 Å². The van der Waals surface area contributed by atoms with Gasteiger partial charge in [-0.1, -0.05) is 36.6 Å². The molecule has 1 aliphatic carbocycles. The van der Waals surface area contributed by atoms with E-state index in [9.17, 15) is 23.1 Å². The lowest BCUT2D eigenvalue weighted by Gasteiger charge is -2.19. The number of carboxylic acid groups (broad SMARTS) is 1. The number of ether oxygens (including phenoxy) is 1. The predicted octanol–water partition coefficient (Wildman–Crippen LogP) is 6.64. The van der Waals surface area contributed by atoms with E-state index in [1.165, 1.54) is 17.8 Å². The lowest BCUT2D eigenvalue weighted by Crippen LogP contribution is -2.20. The van der Waals surface area contributed by atoms with Gasteiger partial charge in [-0.15, -0.1) is 11.8 Å². The van der Waals surface area contributed by atoms with Crippen LogP contribution in [-0.2, 0) is 4.79 Å². The molecule has 1 aliphatic rings. The molecule has 8 heteroatoms. The van der Waals surface area contributed by atoms with E-state index in [1.807, 2.05) is 18.4 Å². The zero-order valence-corrected chi connectivity index (χ0v) is 17.2. The molecule has 1 N–H and O–H groups in total. The second kappa shape index (κ2) is 8.88. The van der Waals surface area contributed by atoms with Crippen LogP contribution in [-0.4, -0.2) is 30.1 Å². The van der Waals surface area contributed by atoms with Crippen LogP contribution < -0.4 is 4.74 Å². The van der Waals surface area contributed by atoms with Gasteiger partial charge in [-0.3, -0.25) is 4.79 Å². The topological polar surface area (TPSA) is 46.5 Å². The average Bonchev–Trinajstić information content (AvgIpc) is 3.48. The van der Waals surface area contributed by atoms with Crippen molar-refractivity contribution in [1.29, 1.82) is 0 Å². The summed E-state index contributed by atoms with van der Waals surface area (Å²) in [6.45, 7) is -1.48. The number of alkyl halides is 3. The van der Waals surface area contributed by atoms with E-state index in [0.29, 0.717) is 29.0 Å². The largest absolute Gasteiger partial charge is 0.482 e. The van der Waals surface area contributed by atoms with Crippen LogP contribution in [0.5, 0.6) is 5.75 Å². The number of carboxylic acids is 1. The first-order chi connectivity index (χ1) is 13.7. The monoisotopic (exact) mass is 444 g/mol. The van der Waals surface area contributed by atoms with Crippen LogP contribution in [0.15, 0.2) is 41.3 Å². The van der Waals surface area contributed by atoms with Crippen molar-refractivity contribution in [3.05, 3.63) is 47.0 Å². The molecular formula is C21H20ClF3O3S. The molecule has 1 unspecified atom stereocenters. The highest BCUT2D eigenvalue weighted by Gasteiger charge is 2.32. The number of benzene rings is 2. The maximum atomic E-state index is 12.7. The number of rotatable bonds is 8. The normalized spacial score (nSPS) is 15.2. The Labute approximate surface area is 176 Å². The summed E-state index contributed by atoms with van der Waals surface area (Å²) in [5.74, 6) is -1.47. The fraction of sp³-hybridized carbons (Fsp3) is 0.381. The quantitative estimate of drug-likeness (QED) is 0.464. The number of aliphatic carboxylic acids is 1. The average molecular weight is 445 g/mol. The molecule has 0 saturated heterocycles. The molecule has 1 atom stereocenters. The molecule has 1 fully saturated rings. The number of carbonyl (C=O) groups is 1. The van der Waals surface area contributed by atoms with E-state index in [4.69, 9.17) is 16.3 Å². The first-order valence-electron chi connectivity index (χ1n) is 9.08. The van der Waals surface area contributed by atoms with E-state index < -0.39 is 24.7 Å². The van der Waals surface area contributed by atoms with E-state index >= 15 is 0 Å². The van der Waals surface area contributed by atoms with Gasteiger partial charge in [0.1, 0.15) is 5.75 Å². The second-order valence-electron chi connectivity index (χ2n) is 7.08. The predicted molar refractivity (Wildman–Crippen MR) is 108 cm³/mol. The maximum Gasteiger partial charge on any atom is 0.422 e. The van der Waals surface area contributed by atoms with Crippen molar-refractivity contribution < 1.29 is 27.8 Å². The van der Waals surface area contributed by atoms with Gasteiger partial charge in [-0.25, -0.2) is 0 Å². The van der Waals surface area contributed by atoms with Crippen LogP contribution in [0.3, 0.4) is 0 Å². The van der Waals surface area contributed by atoms with E-state index in [2.05, 4.69) is 0 Å². The maximum absolute atomic E-state index is 12.7. The molecule has 3 rings (SSSR count). The van der Waals surface area contributed by atoms with Crippen molar-refractivity contribution in [3.8, 4) is 16.9 Å². The number of halogens is 4. The van der Waals surface area contributed by atoms with Gasteiger partial charge in [0.2, 0.25) is 0 Å². The summed E-state index contributed by atoms with van der Waals surface area (Å²) in [6, 6.07) is 10.2. The van der Waals surface area contributed by atoms with Gasteiger partial charge in [-0.05, 0) is 54.0 Å². The highest BCUT2D eigenvalue weighted by molar-refractivity contribution is 7.98. The highest BCUT2D eigenvalue weighted by Crippen LogP contribution is 2.44. The van der Waals surface area contributed by atoms with Crippen LogP contribution >= 0.6 is 23.4 Å². The van der Waals surface area contributed by atoms with Gasteiger partial charge in [0.05, 0.1) is 10.9 Å². The Hall–Kier alpha value is -1.86. The molecule has 29 heavy (non-hydrogen) atoms. The third-order valence-electron chi connectivity index (χ3n) is 4.81. The Kier molecular flexibility index (Phi) is 6.69. The Morgan fingerprint density at radius 2 is 1.93 bits per heavy atom. The van der Waals surface area contributed by atoms with Gasteiger partial charge in [0.25, 0.3) is 0 Å². The van der Waals surface area contributed by atoms with Crippen LogP contribution in [0.4, 0.5) is 13.2 Å². The van der Waals surface area contributed by atoms with Gasteiger partial charge >= 0.3 is 12.1 Å². The van der Waals surface area contributed by atoms with Crippen molar-refractivity contribution in [2.45, 2.75) is 36.3 Å². The molecule has 3 nitrogen and oxygen atoms in total. The minimum Gasteiger partial charge on any atom is -0.482 e. The third kappa shape index (κ3) is 5.82. The Balaban J connectivity index is 2.05. The Bertz CT molecular complexity index is 880. The molecule has 0 aromatic heterocycles. The van der Waals surface area contributed by atoms with E-state index in [-0.39, 0.29) is 10.8 Å². The zero-order valence-electron chi connectivity index (χ0n) is 15.6. The van der Waals surface area contributed by atoms with Crippen molar-refractivity contribution in [2.24, 2.45) is 5.92 Å². The molecule has 1 saturated carbocycles. The summed E-state index contributed by atoms with van der Waals surface area (Å²) < 4.78 is 43.2. The second-order valence-corrected chi connectivity index (χ2v) is 8.37. The lowest BCUT2D eigenvalue weighted by molar-refractivity contribution is -0.153. The summed E-state index contributed by atoms with van der Waals surface area (Å²) in [5.41, 5.74) is 1.43. The fourth-order valence-corrected chi connectivity index (χ4v) is 3.86.